The minimum absolute atomic E-state index is 0.00848. The first-order chi connectivity index (χ1) is 8.65. The van der Waals surface area contributed by atoms with Crippen LogP contribution in [-0.4, -0.2) is 49.1 Å². The first kappa shape index (κ1) is 12.9. The van der Waals surface area contributed by atoms with Crippen molar-refractivity contribution in [3.8, 4) is 0 Å². The van der Waals surface area contributed by atoms with Gasteiger partial charge < -0.3 is 15.1 Å². The summed E-state index contributed by atoms with van der Waals surface area (Å²) in [6.07, 6.45) is 1.04. The third-order valence-electron chi connectivity index (χ3n) is 3.31. The smallest absolute Gasteiger partial charge is 0.321 e. The van der Waals surface area contributed by atoms with Crippen LogP contribution in [0.5, 0.6) is 0 Å². The van der Waals surface area contributed by atoms with Crippen LogP contribution in [0.4, 0.5) is 10.5 Å². The van der Waals surface area contributed by atoms with Gasteiger partial charge in [0.15, 0.2) is 0 Å². The standard InChI is InChI=1S/C14H21N3O/c1-12-4-6-13(7-5-12)15-14(18)17-9-3-8-16(2)10-11-17/h4-7H,3,8-11H2,1-2H3,(H,15,18). The van der Waals surface area contributed by atoms with E-state index in [0.717, 1.165) is 38.3 Å². The van der Waals surface area contributed by atoms with Crippen LogP contribution in [0.15, 0.2) is 24.3 Å². The molecule has 0 radical (unpaired) electrons. The second-order valence-corrected chi connectivity index (χ2v) is 4.94. The van der Waals surface area contributed by atoms with Gasteiger partial charge in [0.1, 0.15) is 0 Å². The van der Waals surface area contributed by atoms with Crippen molar-refractivity contribution >= 4 is 11.7 Å². The molecule has 0 spiro atoms. The molecule has 0 bridgehead atoms. The van der Waals surface area contributed by atoms with Crippen molar-refractivity contribution in [3.05, 3.63) is 29.8 Å². The van der Waals surface area contributed by atoms with E-state index in [1.165, 1.54) is 5.56 Å². The van der Waals surface area contributed by atoms with Crippen molar-refractivity contribution in [2.75, 3.05) is 38.5 Å². The van der Waals surface area contributed by atoms with Gasteiger partial charge in [0.05, 0.1) is 0 Å². The van der Waals surface area contributed by atoms with Gasteiger partial charge in [-0.05, 0) is 39.1 Å². The van der Waals surface area contributed by atoms with E-state index in [1.807, 2.05) is 36.1 Å². The largest absolute Gasteiger partial charge is 0.323 e. The number of rotatable bonds is 1. The van der Waals surface area contributed by atoms with E-state index in [9.17, 15) is 4.79 Å². The van der Waals surface area contributed by atoms with E-state index in [0.29, 0.717) is 0 Å². The molecule has 0 saturated carbocycles. The highest BCUT2D eigenvalue weighted by atomic mass is 16.2. The van der Waals surface area contributed by atoms with E-state index >= 15 is 0 Å². The number of likely N-dealkylation sites (N-methyl/N-ethyl adjacent to an activating group) is 1. The molecule has 1 N–H and O–H groups in total. The lowest BCUT2D eigenvalue weighted by Crippen LogP contribution is -2.37. The quantitative estimate of drug-likeness (QED) is 0.825. The third kappa shape index (κ3) is 3.47. The van der Waals surface area contributed by atoms with Crippen LogP contribution in [0.3, 0.4) is 0 Å². The Kier molecular flexibility index (Phi) is 4.20. The van der Waals surface area contributed by atoms with Gasteiger partial charge in [0.25, 0.3) is 0 Å². The van der Waals surface area contributed by atoms with E-state index in [2.05, 4.69) is 17.3 Å². The molecule has 0 unspecified atom stereocenters. The summed E-state index contributed by atoms with van der Waals surface area (Å²) in [5, 5.41) is 2.95. The summed E-state index contributed by atoms with van der Waals surface area (Å²) in [6, 6.07) is 7.90. The number of hydrogen-bond donors (Lipinski definition) is 1. The Morgan fingerprint density at radius 2 is 1.83 bits per heavy atom. The highest BCUT2D eigenvalue weighted by molar-refractivity contribution is 5.89. The number of hydrogen-bond acceptors (Lipinski definition) is 2. The zero-order chi connectivity index (χ0) is 13.0. The summed E-state index contributed by atoms with van der Waals surface area (Å²) >= 11 is 0. The number of benzene rings is 1. The second-order valence-electron chi connectivity index (χ2n) is 4.94. The molecule has 1 aliphatic rings. The SMILES string of the molecule is Cc1ccc(NC(=O)N2CCCN(C)CC2)cc1. The van der Waals surface area contributed by atoms with E-state index in [-0.39, 0.29) is 6.03 Å². The van der Waals surface area contributed by atoms with Crippen LogP contribution in [0.25, 0.3) is 0 Å². The summed E-state index contributed by atoms with van der Waals surface area (Å²) in [4.78, 5) is 16.3. The maximum Gasteiger partial charge on any atom is 0.321 e. The predicted octanol–water partition coefficient (Wildman–Crippen LogP) is 2.16. The molecule has 18 heavy (non-hydrogen) atoms. The van der Waals surface area contributed by atoms with E-state index in [4.69, 9.17) is 0 Å². The maximum atomic E-state index is 12.1. The molecule has 4 heteroatoms. The highest BCUT2D eigenvalue weighted by Crippen LogP contribution is 2.10. The fraction of sp³-hybridized carbons (Fsp3) is 0.500. The number of anilines is 1. The van der Waals surface area contributed by atoms with Crippen LogP contribution < -0.4 is 5.32 Å². The number of nitrogens with one attached hydrogen (secondary N) is 1. The van der Waals surface area contributed by atoms with Gasteiger partial charge in [-0.25, -0.2) is 4.79 Å². The molecule has 2 rings (SSSR count). The molecular weight excluding hydrogens is 226 g/mol. The number of aryl methyl sites for hydroxylation is 1. The van der Waals surface area contributed by atoms with Gasteiger partial charge in [-0.15, -0.1) is 0 Å². The molecule has 4 nitrogen and oxygen atoms in total. The number of carbonyl (C=O) groups excluding carboxylic acids is 1. The Hall–Kier alpha value is -1.55. The molecular formula is C14H21N3O. The molecule has 98 valence electrons. The topological polar surface area (TPSA) is 35.6 Å². The molecule has 1 heterocycles. The van der Waals surface area contributed by atoms with Crippen molar-refractivity contribution in [1.29, 1.82) is 0 Å². The minimum Gasteiger partial charge on any atom is -0.323 e. The van der Waals surface area contributed by atoms with Crippen LogP contribution in [-0.2, 0) is 0 Å². The van der Waals surface area contributed by atoms with Crippen molar-refractivity contribution in [3.63, 3.8) is 0 Å². The highest BCUT2D eigenvalue weighted by Gasteiger charge is 2.17. The lowest BCUT2D eigenvalue weighted by molar-refractivity contribution is 0.213. The zero-order valence-corrected chi connectivity index (χ0v) is 11.1. The Bertz CT molecular complexity index is 402. The minimum atomic E-state index is 0.00848. The fourth-order valence-corrected chi connectivity index (χ4v) is 2.09. The Balaban J connectivity index is 1.92. The van der Waals surface area contributed by atoms with Gasteiger partial charge in [0.2, 0.25) is 0 Å². The Morgan fingerprint density at radius 1 is 1.11 bits per heavy atom. The van der Waals surface area contributed by atoms with Gasteiger partial charge >= 0.3 is 6.03 Å². The average molecular weight is 247 g/mol. The molecule has 0 aromatic heterocycles. The number of urea groups is 1. The van der Waals surface area contributed by atoms with Crippen molar-refractivity contribution in [2.24, 2.45) is 0 Å². The van der Waals surface area contributed by atoms with Crippen molar-refractivity contribution < 1.29 is 4.79 Å². The number of carbonyl (C=O) groups is 1. The maximum absolute atomic E-state index is 12.1. The summed E-state index contributed by atoms with van der Waals surface area (Å²) < 4.78 is 0. The van der Waals surface area contributed by atoms with Gasteiger partial charge in [-0.1, -0.05) is 17.7 Å². The predicted molar refractivity (Wildman–Crippen MR) is 73.9 cm³/mol. The first-order valence-corrected chi connectivity index (χ1v) is 6.46. The third-order valence-corrected chi connectivity index (χ3v) is 3.31. The Morgan fingerprint density at radius 3 is 2.56 bits per heavy atom. The molecule has 1 aliphatic heterocycles. The average Bonchev–Trinajstić information content (AvgIpc) is 2.57. The van der Waals surface area contributed by atoms with Crippen LogP contribution in [0, 0.1) is 6.92 Å². The van der Waals surface area contributed by atoms with E-state index < -0.39 is 0 Å². The molecule has 1 saturated heterocycles. The zero-order valence-electron chi connectivity index (χ0n) is 11.1. The lowest BCUT2D eigenvalue weighted by Gasteiger charge is -2.21. The normalized spacial score (nSPS) is 17.3. The molecule has 2 amide bonds. The molecule has 1 aromatic carbocycles. The molecule has 0 aliphatic carbocycles. The van der Waals surface area contributed by atoms with E-state index in [1.54, 1.807) is 0 Å². The van der Waals surface area contributed by atoms with Crippen LogP contribution in [0.1, 0.15) is 12.0 Å². The van der Waals surface area contributed by atoms with Gasteiger partial charge in [0, 0.05) is 25.3 Å². The summed E-state index contributed by atoms with van der Waals surface area (Å²) in [6.45, 7) is 5.68. The lowest BCUT2D eigenvalue weighted by atomic mass is 10.2. The van der Waals surface area contributed by atoms with Crippen molar-refractivity contribution in [2.45, 2.75) is 13.3 Å². The molecule has 1 fully saturated rings. The van der Waals surface area contributed by atoms with Crippen LogP contribution in [0.2, 0.25) is 0 Å². The Labute approximate surface area is 109 Å². The summed E-state index contributed by atoms with van der Waals surface area (Å²) in [5.74, 6) is 0. The second kappa shape index (κ2) is 5.87. The summed E-state index contributed by atoms with van der Waals surface area (Å²) in [5.41, 5.74) is 2.06. The number of amides is 2. The number of nitrogens with zero attached hydrogens (tertiary/aromatic N) is 2. The first-order valence-electron chi connectivity index (χ1n) is 6.46. The molecule has 1 aromatic rings. The monoisotopic (exact) mass is 247 g/mol. The molecule has 0 atom stereocenters. The summed E-state index contributed by atoms with van der Waals surface area (Å²) in [7, 11) is 2.10. The van der Waals surface area contributed by atoms with Gasteiger partial charge in [-0.2, -0.15) is 0 Å². The van der Waals surface area contributed by atoms with Crippen molar-refractivity contribution in [1.82, 2.24) is 9.80 Å². The fourth-order valence-electron chi connectivity index (χ4n) is 2.09. The van der Waals surface area contributed by atoms with Crippen LogP contribution >= 0.6 is 0 Å². The van der Waals surface area contributed by atoms with Gasteiger partial charge in [-0.3, -0.25) is 0 Å².